The molecule has 20 heavy (non-hydrogen) atoms. The maximum atomic E-state index is 14.0. The maximum absolute atomic E-state index is 14.0. The highest BCUT2D eigenvalue weighted by atomic mass is 19.3. The van der Waals surface area contributed by atoms with Crippen LogP contribution in [0.1, 0.15) is 43.1 Å². The molecule has 0 saturated carbocycles. The van der Waals surface area contributed by atoms with Crippen LogP contribution in [-0.4, -0.2) is 27.4 Å². The summed E-state index contributed by atoms with van der Waals surface area (Å²) in [5, 5.41) is 27.6. The summed E-state index contributed by atoms with van der Waals surface area (Å²) in [6, 6.07) is 1.24. The molecule has 0 spiro atoms. The quantitative estimate of drug-likeness (QED) is 0.832. The van der Waals surface area contributed by atoms with Crippen LogP contribution in [0.25, 0.3) is 0 Å². The molecule has 1 aromatic heterocycles. The van der Waals surface area contributed by atoms with Crippen LogP contribution in [0.5, 0.6) is 0 Å². The Morgan fingerprint density at radius 1 is 1.10 bits per heavy atom. The number of rotatable bonds is 4. The van der Waals surface area contributed by atoms with E-state index in [1.807, 2.05) is 0 Å². The molecular weight excluding hydrogens is 280 g/mol. The fourth-order valence-corrected chi connectivity index (χ4v) is 1.98. The molecule has 2 atom stereocenters. The van der Waals surface area contributed by atoms with Gasteiger partial charge in [-0.3, -0.25) is 0 Å². The van der Waals surface area contributed by atoms with Crippen LogP contribution in [0, 0.1) is 23.0 Å². The van der Waals surface area contributed by atoms with E-state index in [4.69, 9.17) is 5.26 Å². The van der Waals surface area contributed by atoms with Gasteiger partial charge in [-0.1, -0.05) is 0 Å². The number of alkyl halides is 2. The topological polar surface area (TPSA) is 77.1 Å². The summed E-state index contributed by atoms with van der Waals surface area (Å²) < 4.78 is 53.2. The Morgan fingerprint density at radius 2 is 1.60 bits per heavy atom. The molecule has 4 nitrogen and oxygen atoms in total. The van der Waals surface area contributed by atoms with Crippen molar-refractivity contribution in [2.24, 2.45) is 0 Å². The van der Waals surface area contributed by atoms with Crippen LogP contribution < -0.4 is 0 Å². The van der Waals surface area contributed by atoms with Gasteiger partial charge in [0.2, 0.25) is 0 Å². The number of halogens is 4. The van der Waals surface area contributed by atoms with Gasteiger partial charge < -0.3 is 10.2 Å². The van der Waals surface area contributed by atoms with Gasteiger partial charge in [-0.05, 0) is 13.8 Å². The fraction of sp³-hybridized carbons (Fsp3) is 0.500. The third kappa shape index (κ3) is 2.89. The first-order valence-electron chi connectivity index (χ1n) is 5.65. The molecule has 2 unspecified atom stereocenters. The SMILES string of the molecule is CC(O)C(c1c(F)c(C#N)nc(C(F)F)c1F)C(C)O. The normalized spacial score (nSPS) is 15.8. The summed E-state index contributed by atoms with van der Waals surface area (Å²) in [5.74, 6) is -4.62. The van der Waals surface area contributed by atoms with Crippen LogP contribution >= 0.6 is 0 Å². The fourth-order valence-electron chi connectivity index (χ4n) is 1.98. The largest absolute Gasteiger partial charge is 0.393 e. The Bertz CT molecular complexity index is 533. The van der Waals surface area contributed by atoms with Gasteiger partial charge in [-0.2, -0.15) is 5.26 Å². The summed E-state index contributed by atoms with van der Waals surface area (Å²) in [4.78, 5) is 2.93. The molecule has 0 radical (unpaired) electrons. The number of hydrogen-bond donors (Lipinski definition) is 2. The predicted octanol–water partition coefficient (Wildman–Crippen LogP) is 2.01. The van der Waals surface area contributed by atoms with Gasteiger partial charge in [0, 0.05) is 11.5 Å². The number of aromatic nitrogens is 1. The second-order valence-electron chi connectivity index (χ2n) is 4.31. The number of hydrogen-bond acceptors (Lipinski definition) is 4. The molecule has 0 aliphatic heterocycles. The van der Waals surface area contributed by atoms with Gasteiger partial charge in [0.05, 0.1) is 12.2 Å². The van der Waals surface area contributed by atoms with Crippen molar-refractivity contribution in [3.8, 4) is 6.07 Å². The first kappa shape index (κ1) is 16.3. The van der Waals surface area contributed by atoms with E-state index in [9.17, 15) is 27.8 Å². The third-order valence-corrected chi connectivity index (χ3v) is 2.82. The van der Waals surface area contributed by atoms with E-state index in [0.717, 1.165) is 13.8 Å². The highest BCUT2D eigenvalue weighted by molar-refractivity contribution is 5.36. The second kappa shape index (κ2) is 6.15. The molecule has 0 saturated heterocycles. The molecule has 110 valence electrons. The van der Waals surface area contributed by atoms with Gasteiger partial charge in [0.15, 0.2) is 17.3 Å². The molecule has 2 N–H and O–H groups in total. The number of aliphatic hydroxyl groups excluding tert-OH is 2. The lowest BCUT2D eigenvalue weighted by atomic mass is 9.88. The first-order chi connectivity index (χ1) is 9.22. The van der Waals surface area contributed by atoms with Crippen molar-refractivity contribution in [2.45, 2.75) is 38.4 Å². The highest BCUT2D eigenvalue weighted by Gasteiger charge is 2.34. The smallest absolute Gasteiger partial charge is 0.283 e. The number of nitrogens with zero attached hydrogens (tertiary/aromatic N) is 2. The van der Waals surface area contributed by atoms with Gasteiger partial charge in [-0.15, -0.1) is 0 Å². The molecule has 0 aliphatic rings. The average molecular weight is 292 g/mol. The van der Waals surface area contributed by atoms with Crippen molar-refractivity contribution in [1.29, 1.82) is 5.26 Å². The second-order valence-corrected chi connectivity index (χ2v) is 4.31. The first-order valence-corrected chi connectivity index (χ1v) is 5.65. The Morgan fingerprint density at radius 3 is 1.95 bits per heavy atom. The zero-order valence-corrected chi connectivity index (χ0v) is 10.6. The summed E-state index contributed by atoms with van der Waals surface area (Å²) in [6.07, 6.45) is -6.19. The molecule has 0 aromatic carbocycles. The minimum Gasteiger partial charge on any atom is -0.393 e. The Balaban J connectivity index is 3.67. The van der Waals surface area contributed by atoms with E-state index in [0.29, 0.717) is 0 Å². The standard InChI is InChI=1S/C12H12F4N2O2/c1-4(19)7(5(2)20)8-9(13)6(3-17)18-11(10(8)14)12(15)16/h4-5,7,12,19-20H,1-2H3. The van der Waals surface area contributed by atoms with Crippen molar-refractivity contribution in [3.05, 3.63) is 28.6 Å². The Hall–Kier alpha value is -1.72. The molecule has 1 rings (SSSR count). The highest BCUT2D eigenvalue weighted by Crippen LogP contribution is 2.33. The van der Waals surface area contributed by atoms with Gasteiger partial charge in [-0.25, -0.2) is 22.5 Å². The number of pyridine rings is 1. The van der Waals surface area contributed by atoms with Crippen LogP contribution in [0.2, 0.25) is 0 Å². The lowest BCUT2D eigenvalue weighted by molar-refractivity contribution is 0.0682. The van der Waals surface area contributed by atoms with Gasteiger partial charge >= 0.3 is 0 Å². The molecular formula is C12H12F4N2O2. The van der Waals surface area contributed by atoms with Crippen molar-refractivity contribution >= 4 is 0 Å². The summed E-state index contributed by atoms with van der Waals surface area (Å²) in [7, 11) is 0. The lowest BCUT2D eigenvalue weighted by Crippen LogP contribution is -2.28. The average Bonchev–Trinajstić information content (AvgIpc) is 2.33. The van der Waals surface area contributed by atoms with Crippen molar-refractivity contribution in [2.75, 3.05) is 0 Å². The van der Waals surface area contributed by atoms with E-state index in [1.54, 1.807) is 0 Å². The van der Waals surface area contributed by atoms with Gasteiger partial charge in [0.1, 0.15) is 11.8 Å². The van der Waals surface area contributed by atoms with Crippen LogP contribution in [0.3, 0.4) is 0 Å². The lowest BCUT2D eigenvalue weighted by Gasteiger charge is -2.25. The molecule has 1 heterocycles. The van der Waals surface area contributed by atoms with Crippen molar-refractivity contribution in [3.63, 3.8) is 0 Å². The molecule has 0 amide bonds. The molecule has 1 aromatic rings. The predicted molar refractivity (Wildman–Crippen MR) is 59.9 cm³/mol. The Kier molecular flexibility index (Phi) is 5.03. The minimum absolute atomic E-state index is 0.961. The van der Waals surface area contributed by atoms with Crippen LogP contribution in [0.15, 0.2) is 0 Å². The van der Waals surface area contributed by atoms with E-state index >= 15 is 0 Å². The number of nitriles is 1. The van der Waals surface area contributed by atoms with Gasteiger partial charge in [0.25, 0.3) is 6.43 Å². The molecule has 0 bridgehead atoms. The zero-order valence-electron chi connectivity index (χ0n) is 10.6. The van der Waals surface area contributed by atoms with E-state index < -0.39 is 53.1 Å². The number of aliphatic hydroxyl groups is 2. The van der Waals surface area contributed by atoms with Crippen molar-refractivity contribution < 1.29 is 27.8 Å². The van der Waals surface area contributed by atoms with Crippen LogP contribution in [0.4, 0.5) is 17.6 Å². The maximum Gasteiger partial charge on any atom is 0.283 e. The van der Waals surface area contributed by atoms with E-state index in [1.165, 1.54) is 6.07 Å². The van der Waals surface area contributed by atoms with E-state index in [-0.39, 0.29) is 0 Å². The Labute approximate surface area is 112 Å². The minimum atomic E-state index is -3.36. The monoisotopic (exact) mass is 292 g/mol. The van der Waals surface area contributed by atoms with Crippen LogP contribution in [-0.2, 0) is 0 Å². The summed E-state index contributed by atoms with van der Waals surface area (Å²) in [6.45, 7) is 2.29. The third-order valence-electron chi connectivity index (χ3n) is 2.82. The van der Waals surface area contributed by atoms with Crippen molar-refractivity contribution in [1.82, 2.24) is 4.98 Å². The summed E-state index contributed by atoms with van der Waals surface area (Å²) >= 11 is 0. The van der Waals surface area contributed by atoms with E-state index in [2.05, 4.69) is 4.98 Å². The zero-order chi connectivity index (χ0) is 15.6. The molecule has 0 aliphatic carbocycles. The molecule has 0 fully saturated rings. The molecule has 8 heteroatoms. The summed E-state index contributed by atoms with van der Waals surface area (Å²) in [5.41, 5.74) is -3.36.